The van der Waals surface area contributed by atoms with Crippen molar-refractivity contribution < 1.29 is 0 Å². The van der Waals surface area contributed by atoms with Crippen molar-refractivity contribution in [2.24, 2.45) is 0 Å². The van der Waals surface area contributed by atoms with Crippen molar-refractivity contribution >= 4 is 43.6 Å². The van der Waals surface area contributed by atoms with Crippen LogP contribution in [0.4, 0.5) is 0 Å². The van der Waals surface area contributed by atoms with Gasteiger partial charge in [-0.3, -0.25) is 4.98 Å². The summed E-state index contributed by atoms with van der Waals surface area (Å²) in [6.45, 7) is 0. The molecule has 10 aromatic rings. The fraction of sp³-hybridized carbons (Fsp3) is 0. The lowest BCUT2D eigenvalue weighted by Crippen LogP contribution is -1.97. The largest absolute Gasteiger partial charge is 0.308 e. The molecule has 50 heavy (non-hydrogen) atoms. The normalized spacial score (nSPS) is 12.0. The Labute approximate surface area is 288 Å². The average Bonchev–Trinajstić information content (AvgIpc) is 3.67. The highest BCUT2D eigenvalue weighted by atomic mass is 15.0. The summed E-state index contributed by atoms with van der Waals surface area (Å²) in [6.07, 6.45) is 1.93. The number of fused-ring (bicyclic) bond motifs is 12. The fourth-order valence-electron chi connectivity index (χ4n) is 8.37. The molecule has 3 nitrogen and oxygen atoms in total. The van der Waals surface area contributed by atoms with Gasteiger partial charge >= 0.3 is 0 Å². The summed E-state index contributed by atoms with van der Waals surface area (Å²) in [4.78, 5) is 5.09. The van der Waals surface area contributed by atoms with E-state index in [4.69, 9.17) is 4.98 Å². The van der Waals surface area contributed by atoms with Gasteiger partial charge in [-0.05, 0) is 70.8 Å². The average molecular weight is 636 g/mol. The zero-order chi connectivity index (χ0) is 32.8. The molecule has 0 saturated heterocycles. The standard InChI is InChI=1S/C47H29N3/c1-3-14-30(15-4-1)32-26-33(31-16-5-2-6-17-31)28-34(27-32)49-41-22-10-8-19-36(41)39-29-40-45-37(21-13-25-48-45)35-18-7-11-23-42(35)50-43-24-12-9-20-38(43)44(46(39)49)47(40)50/h1-29H. The van der Waals surface area contributed by atoms with Crippen molar-refractivity contribution in [1.29, 1.82) is 0 Å². The zero-order valence-corrected chi connectivity index (χ0v) is 27.1. The molecule has 0 aliphatic carbocycles. The van der Waals surface area contributed by atoms with Gasteiger partial charge in [0.1, 0.15) is 0 Å². The Morgan fingerprint density at radius 3 is 1.72 bits per heavy atom. The Morgan fingerprint density at radius 2 is 0.980 bits per heavy atom. The molecule has 232 valence electrons. The van der Waals surface area contributed by atoms with Crippen molar-refractivity contribution in [1.82, 2.24) is 14.1 Å². The maximum atomic E-state index is 5.09. The summed E-state index contributed by atoms with van der Waals surface area (Å²) in [6, 6.07) is 61.7. The van der Waals surface area contributed by atoms with E-state index < -0.39 is 0 Å². The highest BCUT2D eigenvalue weighted by Gasteiger charge is 2.29. The fourth-order valence-corrected chi connectivity index (χ4v) is 8.37. The Bertz CT molecular complexity index is 2910. The van der Waals surface area contributed by atoms with E-state index in [0.29, 0.717) is 0 Å². The molecule has 1 aliphatic heterocycles. The molecular formula is C47H29N3. The van der Waals surface area contributed by atoms with E-state index in [2.05, 4.69) is 179 Å². The second kappa shape index (κ2) is 10.4. The highest BCUT2D eigenvalue weighted by molar-refractivity contribution is 6.30. The lowest BCUT2D eigenvalue weighted by atomic mass is 9.96. The molecule has 0 atom stereocenters. The molecule has 0 amide bonds. The quantitative estimate of drug-likeness (QED) is 0.189. The van der Waals surface area contributed by atoms with Crippen molar-refractivity contribution in [3.8, 4) is 56.0 Å². The van der Waals surface area contributed by atoms with Gasteiger partial charge in [0.05, 0.1) is 33.4 Å². The molecule has 0 fully saturated rings. The molecular weight excluding hydrogens is 607 g/mol. The molecule has 3 heteroatoms. The predicted octanol–water partition coefficient (Wildman–Crippen LogP) is 12.3. The molecule has 4 heterocycles. The lowest BCUT2D eigenvalue weighted by Gasteiger charge is -2.15. The van der Waals surface area contributed by atoms with E-state index in [1.807, 2.05) is 6.20 Å². The lowest BCUT2D eigenvalue weighted by molar-refractivity contribution is 1.18. The second-order valence-corrected chi connectivity index (χ2v) is 13.2. The summed E-state index contributed by atoms with van der Waals surface area (Å²) in [7, 11) is 0. The number of benzene rings is 7. The van der Waals surface area contributed by atoms with Crippen LogP contribution in [0.5, 0.6) is 0 Å². The van der Waals surface area contributed by atoms with Crippen LogP contribution in [-0.4, -0.2) is 14.1 Å². The number of para-hydroxylation sites is 3. The van der Waals surface area contributed by atoms with E-state index in [0.717, 1.165) is 22.5 Å². The molecule has 3 aromatic heterocycles. The van der Waals surface area contributed by atoms with Crippen LogP contribution in [0.2, 0.25) is 0 Å². The van der Waals surface area contributed by atoms with Crippen LogP contribution in [0.1, 0.15) is 0 Å². The highest BCUT2D eigenvalue weighted by Crippen LogP contribution is 2.50. The Balaban J connectivity index is 1.36. The molecule has 0 N–H and O–H groups in total. The number of rotatable bonds is 3. The van der Waals surface area contributed by atoms with Gasteiger partial charge in [0, 0.05) is 50.1 Å². The van der Waals surface area contributed by atoms with Crippen LogP contribution in [-0.2, 0) is 0 Å². The Hall–Kier alpha value is -6.71. The van der Waals surface area contributed by atoms with Gasteiger partial charge in [0.15, 0.2) is 0 Å². The first-order valence-corrected chi connectivity index (χ1v) is 17.1. The van der Waals surface area contributed by atoms with E-state index in [1.165, 1.54) is 77.1 Å². The second-order valence-electron chi connectivity index (χ2n) is 13.2. The van der Waals surface area contributed by atoms with Gasteiger partial charge in [-0.15, -0.1) is 0 Å². The van der Waals surface area contributed by atoms with Crippen molar-refractivity contribution in [3.63, 3.8) is 0 Å². The van der Waals surface area contributed by atoms with E-state index >= 15 is 0 Å². The van der Waals surface area contributed by atoms with Crippen LogP contribution < -0.4 is 0 Å². The smallest absolute Gasteiger partial charge is 0.0802 e. The first kappa shape index (κ1) is 27.3. The third-order valence-electron chi connectivity index (χ3n) is 10.5. The molecule has 1 aliphatic rings. The summed E-state index contributed by atoms with van der Waals surface area (Å²) in [5.74, 6) is 0. The van der Waals surface area contributed by atoms with Crippen molar-refractivity contribution in [2.75, 3.05) is 0 Å². The minimum atomic E-state index is 1.02. The van der Waals surface area contributed by atoms with E-state index in [1.54, 1.807) is 0 Å². The number of hydrogen-bond donors (Lipinski definition) is 0. The molecule has 0 unspecified atom stereocenters. The van der Waals surface area contributed by atoms with Gasteiger partial charge in [-0.1, -0.05) is 121 Å². The topological polar surface area (TPSA) is 22.8 Å². The zero-order valence-electron chi connectivity index (χ0n) is 27.1. The van der Waals surface area contributed by atoms with Crippen LogP contribution in [0.25, 0.3) is 99.6 Å². The van der Waals surface area contributed by atoms with Crippen molar-refractivity contribution in [3.05, 3.63) is 176 Å². The maximum absolute atomic E-state index is 5.09. The third kappa shape index (κ3) is 3.77. The summed E-state index contributed by atoms with van der Waals surface area (Å²) < 4.78 is 4.99. The van der Waals surface area contributed by atoms with Gasteiger partial charge in [-0.2, -0.15) is 0 Å². The number of pyridine rings is 1. The number of nitrogens with zero attached hydrogens (tertiary/aromatic N) is 3. The predicted molar refractivity (Wildman–Crippen MR) is 208 cm³/mol. The Morgan fingerprint density at radius 1 is 0.380 bits per heavy atom. The number of aromatic nitrogens is 3. The van der Waals surface area contributed by atoms with E-state index in [9.17, 15) is 0 Å². The first-order valence-electron chi connectivity index (χ1n) is 17.1. The molecule has 11 rings (SSSR count). The maximum Gasteiger partial charge on any atom is 0.0802 e. The summed E-state index contributed by atoms with van der Waals surface area (Å²) in [5.41, 5.74) is 16.4. The van der Waals surface area contributed by atoms with Gasteiger partial charge in [0.2, 0.25) is 0 Å². The molecule has 0 saturated carbocycles. The number of hydrogen-bond acceptors (Lipinski definition) is 1. The molecule has 0 bridgehead atoms. The van der Waals surface area contributed by atoms with Crippen LogP contribution in [0.15, 0.2) is 176 Å². The van der Waals surface area contributed by atoms with Crippen LogP contribution in [0, 0.1) is 0 Å². The third-order valence-corrected chi connectivity index (χ3v) is 10.5. The molecule has 0 spiro atoms. The SMILES string of the molecule is c1ccc(-c2cc(-c3ccccc3)cc(-n3c4ccccc4c4cc5c6c(c7ccccc7n6-c6ccccc6-c6cccnc6-5)c43)c2)cc1. The van der Waals surface area contributed by atoms with Crippen LogP contribution >= 0.6 is 0 Å². The summed E-state index contributed by atoms with van der Waals surface area (Å²) in [5, 5.41) is 4.92. The van der Waals surface area contributed by atoms with Crippen molar-refractivity contribution in [2.45, 2.75) is 0 Å². The minimum absolute atomic E-state index is 1.02. The van der Waals surface area contributed by atoms with Gasteiger partial charge in [-0.25, -0.2) is 0 Å². The summed E-state index contributed by atoms with van der Waals surface area (Å²) >= 11 is 0. The first-order chi connectivity index (χ1) is 24.8. The molecule has 7 aromatic carbocycles. The Kier molecular flexibility index (Phi) is 5.67. The van der Waals surface area contributed by atoms with Gasteiger partial charge in [0.25, 0.3) is 0 Å². The van der Waals surface area contributed by atoms with Crippen LogP contribution in [0.3, 0.4) is 0 Å². The minimum Gasteiger partial charge on any atom is -0.308 e. The monoisotopic (exact) mass is 635 g/mol. The van der Waals surface area contributed by atoms with E-state index in [-0.39, 0.29) is 0 Å². The molecule has 0 radical (unpaired) electrons. The van der Waals surface area contributed by atoms with Gasteiger partial charge < -0.3 is 9.13 Å².